The number of alkyl carbamates (subject to hydrolysis) is 1. The maximum atomic E-state index is 12.4. The first kappa shape index (κ1) is 19.6. The summed E-state index contributed by atoms with van der Waals surface area (Å²) in [6.45, 7) is 4.97. The van der Waals surface area contributed by atoms with E-state index < -0.39 is 42.2 Å². The van der Waals surface area contributed by atoms with E-state index >= 15 is 0 Å². The van der Waals surface area contributed by atoms with Crippen molar-refractivity contribution in [1.29, 1.82) is 0 Å². The molecule has 8 heteroatoms. The SMILES string of the molecule is CC(C)(C)OC(=O)NC(C(=O)O)C1CCC(CC(F)(F)F)CC1. The summed E-state index contributed by atoms with van der Waals surface area (Å²) in [5.74, 6) is -2.05. The quantitative estimate of drug-likeness (QED) is 0.818. The Bertz CT molecular complexity index is 423. The predicted molar refractivity (Wildman–Crippen MR) is 76.9 cm³/mol. The molecular weight excluding hydrogens is 315 g/mol. The Hall–Kier alpha value is -1.47. The fourth-order valence-electron chi connectivity index (χ4n) is 2.87. The summed E-state index contributed by atoms with van der Waals surface area (Å²) in [7, 11) is 0. The van der Waals surface area contributed by atoms with Crippen molar-refractivity contribution < 1.29 is 32.6 Å². The van der Waals surface area contributed by atoms with E-state index in [1.54, 1.807) is 20.8 Å². The van der Waals surface area contributed by atoms with Gasteiger partial charge in [-0.15, -0.1) is 0 Å². The Morgan fingerprint density at radius 2 is 1.70 bits per heavy atom. The maximum absolute atomic E-state index is 12.4. The van der Waals surface area contributed by atoms with Gasteiger partial charge in [0.25, 0.3) is 0 Å². The van der Waals surface area contributed by atoms with Gasteiger partial charge in [-0.2, -0.15) is 13.2 Å². The molecule has 1 unspecified atom stereocenters. The lowest BCUT2D eigenvalue weighted by Gasteiger charge is -2.33. The molecule has 1 amide bonds. The number of carbonyl (C=O) groups excluding carboxylic acids is 1. The van der Waals surface area contributed by atoms with Crippen molar-refractivity contribution in [3.05, 3.63) is 0 Å². The van der Waals surface area contributed by atoms with Crippen LogP contribution in [0.1, 0.15) is 52.9 Å². The second-order valence-corrected chi connectivity index (χ2v) is 7.06. The molecule has 0 bridgehead atoms. The third-order valence-corrected chi connectivity index (χ3v) is 3.82. The van der Waals surface area contributed by atoms with Crippen molar-refractivity contribution in [2.45, 2.75) is 70.7 Å². The normalized spacial score (nSPS) is 23.9. The van der Waals surface area contributed by atoms with E-state index in [0.717, 1.165) is 0 Å². The zero-order chi connectivity index (χ0) is 17.8. The Balaban J connectivity index is 2.57. The van der Waals surface area contributed by atoms with Crippen molar-refractivity contribution in [3.63, 3.8) is 0 Å². The van der Waals surface area contributed by atoms with Gasteiger partial charge in [0.15, 0.2) is 0 Å². The van der Waals surface area contributed by atoms with Crippen LogP contribution in [0.4, 0.5) is 18.0 Å². The van der Waals surface area contributed by atoms with E-state index in [-0.39, 0.29) is 5.92 Å². The number of carbonyl (C=O) groups is 2. The number of amides is 1. The van der Waals surface area contributed by atoms with Gasteiger partial charge in [-0.25, -0.2) is 9.59 Å². The van der Waals surface area contributed by atoms with Crippen LogP contribution in [0.5, 0.6) is 0 Å². The summed E-state index contributed by atoms with van der Waals surface area (Å²) in [6, 6.07) is -1.14. The molecule has 0 aromatic carbocycles. The van der Waals surface area contributed by atoms with Crippen molar-refractivity contribution in [2.75, 3.05) is 0 Å². The molecule has 0 aliphatic heterocycles. The number of halogens is 3. The minimum absolute atomic E-state index is 0.309. The largest absolute Gasteiger partial charge is 0.480 e. The number of rotatable bonds is 4. The molecule has 1 aliphatic rings. The van der Waals surface area contributed by atoms with Crippen LogP contribution in [0.2, 0.25) is 0 Å². The lowest BCUT2D eigenvalue weighted by atomic mass is 9.77. The van der Waals surface area contributed by atoms with Crippen molar-refractivity contribution >= 4 is 12.1 Å². The molecule has 0 radical (unpaired) electrons. The molecule has 1 rings (SSSR count). The molecule has 5 nitrogen and oxygen atoms in total. The molecule has 0 heterocycles. The summed E-state index contributed by atoms with van der Waals surface area (Å²) in [5, 5.41) is 11.6. The second-order valence-electron chi connectivity index (χ2n) is 7.06. The van der Waals surface area contributed by atoms with Crippen LogP contribution >= 0.6 is 0 Å². The second kappa shape index (κ2) is 7.40. The number of alkyl halides is 3. The fraction of sp³-hybridized carbons (Fsp3) is 0.867. The smallest absolute Gasteiger partial charge is 0.408 e. The zero-order valence-electron chi connectivity index (χ0n) is 13.6. The molecular formula is C15H24F3NO4. The first-order valence-electron chi connectivity index (χ1n) is 7.66. The van der Waals surface area contributed by atoms with Gasteiger partial charge in [-0.3, -0.25) is 0 Å². The molecule has 1 aliphatic carbocycles. The third kappa shape index (κ3) is 7.56. The van der Waals surface area contributed by atoms with Gasteiger partial charge in [-0.05, 0) is 58.3 Å². The van der Waals surface area contributed by atoms with Gasteiger partial charge >= 0.3 is 18.2 Å². The molecule has 1 atom stereocenters. The number of aliphatic carboxylic acids is 1. The van der Waals surface area contributed by atoms with Crippen LogP contribution in [0.25, 0.3) is 0 Å². The minimum Gasteiger partial charge on any atom is -0.480 e. The minimum atomic E-state index is -4.20. The zero-order valence-corrected chi connectivity index (χ0v) is 13.6. The van der Waals surface area contributed by atoms with Gasteiger partial charge < -0.3 is 15.2 Å². The van der Waals surface area contributed by atoms with Crippen LogP contribution in [0, 0.1) is 11.8 Å². The van der Waals surface area contributed by atoms with E-state index in [9.17, 15) is 27.9 Å². The monoisotopic (exact) mass is 339 g/mol. The van der Waals surface area contributed by atoms with Crippen LogP contribution in [0.3, 0.4) is 0 Å². The molecule has 0 saturated heterocycles. The number of hydrogen-bond acceptors (Lipinski definition) is 3. The van der Waals surface area contributed by atoms with Gasteiger partial charge in [0.1, 0.15) is 11.6 Å². The molecule has 0 aromatic rings. The van der Waals surface area contributed by atoms with Crippen molar-refractivity contribution in [2.24, 2.45) is 11.8 Å². The highest BCUT2D eigenvalue weighted by Gasteiger charge is 2.38. The molecule has 2 N–H and O–H groups in total. The highest BCUT2D eigenvalue weighted by Crippen LogP contribution is 2.37. The van der Waals surface area contributed by atoms with E-state index in [2.05, 4.69) is 5.32 Å². The molecule has 1 saturated carbocycles. The van der Waals surface area contributed by atoms with Crippen LogP contribution < -0.4 is 5.32 Å². The van der Waals surface area contributed by atoms with Gasteiger partial charge in [0.2, 0.25) is 0 Å². The summed E-state index contributed by atoms with van der Waals surface area (Å²) >= 11 is 0. The standard InChI is InChI=1S/C15H24F3NO4/c1-14(2,3)23-13(22)19-11(12(20)21)10-6-4-9(5-7-10)8-15(16,17)18/h9-11H,4-8H2,1-3H3,(H,19,22)(H,20,21). The topological polar surface area (TPSA) is 75.6 Å². The van der Waals surface area contributed by atoms with Crippen LogP contribution in [-0.4, -0.2) is 35.0 Å². The molecule has 134 valence electrons. The average Bonchev–Trinajstić information content (AvgIpc) is 2.32. The van der Waals surface area contributed by atoms with Gasteiger partial charge in [0, 0.05) is 6.42 Å². The van der Waals surface area contributed by atoms with Crippen LogP contribution in [-0.2, 0) is 9.53 Å². The highest BCUT2D eigenvalue weighted by atomic mass is 19.4. The lowest BCUT2D eigenvalue weighted by molar-refractivity contribution is -0.149. The number of hydrogen-bond donors (Lipinski definition) is 2. The van der Waals surface area contributed by atoms with Gasteiger partial charge in [-0.1, -0.05) is 0 Å². The Labute approximate surface area is 133 Å². The average molecular weight is 339 g/mol. The molecule has 23 heavy (non-hydrogen) atoms. The van der Waals surface area contributed by atoms with E-state index in [0.29, 0.717) is 25.7 Å². The van der Waals surface area contributed by atoms with E-state index in [1.165, 1.54) is 0 Å². The first-order chi connectivity index (χ1) is 10.4. The van der Waals surface area contributed by atoms with Crippen molar-refractivity contribution in [1.82, 2.24) is 5.32 Å². The van der Waals surface area contributed by atoms with E-state index in [1.807, 2.05) is 0 Å². The number of ether oxygens (including phenoxy) is 1. The molecule has 0 aromatic heterocycles. The maximum Gasteiger partial charge on any atom is 0.408 e. The molecule has 1 fully saturated rings. The fourth-order valence-corrected chi connectivity index (χ4v) is 2.87. The summed E-state index contributed by atoms with van der Waals surface area (Å²) in [4.78, 5) is 23.1. The third-order valence-electron chi connectivity index (χ3n) is 3.82. The number of carboxylic acid groups (broad SMARTS) is 1. The van der Waals surface area contributed by atoms with Gasteiger partial charge in [0.05, 0.1) is 0 Å². The Morgan fingerprint density at radius 1 is 1.17 bits per heavy atom. The highest BCUT2D eigenvalue weighted by molar-refractivity contribution is 5.80. The summed E-state index contributed by atoms with van der Waals surface area (Å²) < 4.78 is 42.2. The number of carboxylic acids is 1. The number of nitrogens with one attached hydrogen (secondary N) is 1. The Morgan fingerprint density at radius 3 is 2.09 bits per heavy atom. The summed E-state index contributed by atoms with van der Waals surface area (Å²) in [5.41, 5.74) is -0.752. The summed E-state index contributed by atoms with van der Waals surface area (Å²) in [6.07, 6.45) is -4.56. The molecule has 0 spiro atoms. The predicted octanol–water partition coefficient (Wildman–Crippen LogP) is 3.72. The van der Waals surface area contributed by atoms with Crippen LogP contribution in [0.15, 0.2) is 0 Å². The lowest BCUT2D eigenvalue weighted by Crippen LogP contribution is -2.48. The first-order valence-corrected chi connectivity index (χ1v) is 7.66. The Kier molecular flexibility index (Phi) is 6.30. The van der Waals surface area contributed by atoms with Crippen molar-refractivity contribution in [3.8, 4) is 0 Å². The van der Waals surface area contributed by atoms with E-state index in [4.69, 9.17) is 4.74 Å².